The van der Waals surface area contributed by atoms with Crippen LogP contribution in [0.3, 0.4) is 0 Å². The van der Waals surface area contributed by atoms with Crippen LogP contribution in [0, 0.1) is 11.3 Å². The molecule has 2 rings (SSSR count). The van der Waals surface area contributed by atoms with Crippen molar-refractivity contribution >= 4 is 11.6 Å². The average molecular weight is 296 g/mol. The molecule has 112 valence electrons. The van der Waals surface area contributed by atoms with E-state index in [0.29, 0.717) is 22.7 Å². The number of nitrogens with zero attached hydrogens (tertiary/aromatic N) is 1. The maximum absolute atomic E-state index is 12.2. The molecule has 22 heavy (non-hydrogen) atoms. The van der Waals surface area contributed by atoms with Gasteiger partial charge in [-0.25, -0.2) is 0 Å². The molecular weight excluding hydrogens is 280 g/mol. The van der Waals surface area contributed by atoms with Crippen LogP contribution >= 0.6 is 0 Å². The predicted octanol–water partition coefficient (Wildman–Crippen LogP) is 2.97. The number of para-hydroxylation sites is 2. The molecule has 1 N–H and O–H groups in total. The summed E-state index contributed by atoms with van der Waals surface area (Å²) < 4.78 is 10.8. The van der Waals surface area contributed by atoms with Crippen molar-refractivity contribution < 1.29 is 14.3 Å². The Labute approximate surface area is 129 Å². The summed E-state index contributed by atoms with van der Waals surface area (Å²) in [7, 11) is 1.54. The minimum absolute atomic E-state index is 0.305. The summed E-state index contributed by atoms with van der Waals surface area (Å²) in [4.78, 5) is 12.2. The van der Waals surface area contributed by atoms with Crippen LogP contribution in [0.5, 0.6) is 11.5 Å². The highest BCUT2D eigenvalue weighted by molar-refractivity contribution is 5.94. The van der Waals surface area contributed by atoms with E-state index in [2.05, 4.69) is 5.32 Å². The van der Waals surface area contributed by atoms with Crippen molar-refractivity contribution in [2.75, 3.05) is 12.4 Å². The number of methoxy groups -OCH3 is 1. The maximum atomic E-state index is 12.2. The average Bonchev–Trinajstić information content (AvgIpc) is 2.55. The Bertz CT molecular complexity index is 707. The number of benzene rings is 2. The molecule has 0 aliphatic rings. The first-order valence-corrected chi connectivity index (χ1v) is 6.74. The first kappa shape index (κ1) is 15.4. The minimum Gasteiger partial charge on any atom is -0.493 e. The van der Waals surface area contributed by atoms with E-state index in [4.69, 9.17) is 14.7 Å². The standard InChI is InChI=1S/C17H16N2O3/c1-12(22-16-9-4-3-8-15(16)21-2)17(20)19-14-7-5-6-13(10-14)11-18/h3-10,12H,1-2H3,(H,19,20)/t12-/m1/s1. The molecule has 0 aromatic heterocycles. The summed E-state index contributed by atoms with van der Waals surface area (Å²) in [5, 5.41) is 11.6. The molecule has 0 unspecified atom stereocenters. The summed E-state index contributed by atoms with van der Waals surface area (Å²) >= 11 is 0. The fraction of sp³-hybridized carbons (Fsp3) is 0.176. The van der Waals surface area contributed by atoms with Gasteiger partial charge in [0.2, 0.25) is 0 Å². The van der Waals surface area contributed by atoms with Gasteiger partial charge in [0.05, 0.1) is 18.7 Å². The van der Waals surface area contributed by atoms with E-state index in [1.807, 2.05) is 12.1 Å². The third-order valence-electron chi connectivity index (χ3n) is 3.00. The SMILES string of the molecule is COc1ccccc1O[C@H](C)C(=O)Nc1cccc(C#N)c1. The van der Waals surface area contributed by atoms with Gasteiger partial charge in [-0.2, -0.15) is 5.26 Å². The normalized spacial score (nSPS) is 11.1. The second-order valence-corrected chi connectivity index (χ2v) is 4.59. The van der Waals surface area contributed by atoms with Crippen molar-refractivity contribution in [1.82, 2.24) is 0 Å². The lowest BCUT2D eigenvalue weighted by molar-refractivity contribution is -0.122. The van der Waals surface area contributed by atoms with Crippen molar-refractivity contribution in [3.8, 4) is 17.6 Å². The Morgan fingerprint density at radius 2 is 1.91 bits per heavy atom. The molecule has 0 aliphatic heterocycles. The quantitative estimate of drug-likeness (QED) is 0.920. The van der Waals surface area contributed by atoms with Gasteiger partial charge in [0.1, 0.15) is 0 Å². The smallest absolute Gasteiger partial charge is 0.265 e. The molecular formula is C17H16N2O3. The van der Waals surface area contributed by atoms with E-state index in [1.54, 1.807) is 56.5 Å². The number of amides is 1. The third kappa shape index (κ3) is 3.76. The Morgan fingerprint density at radius 1 is 1.18 bits per heavy atom. The molecule has 2 aromatic carbocycles. The van der Waals surface area contributed by atoms with Gasteiger partial charge < -0.3 is 14.8 Å². The molecule has 0 bridgehead atoms. The van der Waals surface area contributed by atoms with Crippen molar-refractivity contribution in [2.45, 2.75) is 13.0 Å². The van der Waals surface area contributed by atoms with Crippen molar-refractivity contribution in [1.29, 1.82) is 5.26 Å². The van der Waals surface area contributed by atoms with E-state index in [0.717, 1.165) is 0 Å². The number of ether oxygens (including phenoxy) is 2. The van der Waals surface area contributed by atoms with Crippen LogP contribution in [-0.2, 0) is 4.79 Å². The molecule has 0 heterocycles. The van der Waals surface area contributed by atoms with Crippen LogP contribution in [0.1, 0.15) is 12.5 Å². The van der Waals surface area contributed by atoms with Crippen LogP contribution < -0.4 is 14.8 Å². The fourth-order valence-corrected chi connectivity index (χ4v) is 1.87. The van der Waals surface area contributed by atoms with E-state index >= 15 is 0 Å². The van der Waals surface area contributed by atoms with Crippen molar-refractivity contribution in [3.05, 3.63) is 54.1 Å². The van der Waals surface area contributed by atoms with Crippen LogP contribution in [0.15, 0.2) is 48.5 Å². The molecule has 0 saturated heterocycles. The molecule has 0 aliphatic carbocycles. The number of hydrogen-bond donors (Lipinski definition) is 1. The Balaban J connectivity index is 2.04. The molecule has 1 amide bonds. The van der Waals surface area contributed by atoms with Gasteiger partial charge >= 0.3 is 0 Å². The Kier molecular flexibility index (Phi) is 4.99. The van der Waals surface area contributed by atoms with Gasteiger partial charge in [-0.1, -0.05) is 18.2 Å². The van der Waals surface area contributed by atoms with Gasteiger partial charge in [0.15, 0.2) is 17.6 Å². The number of hydrogen-bond acceptors (Lipinski definition) is 4. The van der Waals surface area contributed by atoms with E-state index in [9.17, 15) is 4.79 Å². The molecule has 5 nitrogen and oxygen atoms in total. The van der Waals surface area contributed by atoms with E-state index < -0.39 is 6.10 Å². The van der Waals surface area contributed by atoms with Gasteiger partial charge in [0, 0.05) is 5.69 Å². The molecule has 0 radical (unpaired) electrons. The number of nitriles is 1. The number of anilines is 1. The summed E-state index contributed by atoms with van der Waals surface area (Å²) in [5.41, 5.74) is 1.04. The lowest BCUT2D eigenvalue weighted by Crippen LogP contribution is -2.30. The monoisotopic (exact) mass is 296 g/mol. The number of nitrogens with one attached hydrogen (secondary N) is 1. The number of carbonyl (C=O) groups excluding carboxylic acids is 1. The second-order valence-electron chi connectivity index (χ2n) is 4.59. The highest BCUT2D eigenvalue weighted by atomic mass is 16.5. The molecule has 2 aromatic rings. The molecule has 0 spiro atoms. The van der Waals surface area contributed by atoms with Crippen molar-refractivity contribution in [2.24, 2.45) is 0 Å². The number of carbonyl (C=O) groups is 1. The summed E-state index contributed by atoms with van der Waals surface area (Å²) in [5.74, 6) is 0.757. The van der Waals surface area contributed by atoms with Crippen LogP contribution in [-0.4, -0.2) is 19.1 Å². The fourth-order valence-electron chi connectivity index (χ4n) is 1.87. The topological polar surface area (TPSA) is 71.3 Å². The Morgan fingerprint density at radius 3 is 2.59 bits per heavy atom. The van der Waals surface area contributed by atoms with Crippen LogP contribution in [0.2, 0.25) is 0 Å². The summed E-state index contributed by atoms with van der Waals surface area (Å²) in [6.45, 7) is 1.65. The zero-order valence-corrected chi connectivity index (χ0v) is 12.4. The zero-order valence-electron chi connectivity index (χ0n) is 12.4. The predicted molar refractivity (Wildman–Crippen MR) is 82.9 cm³/mol. The maximum Gasteiger partial charge on any atom is 0.265 e. The Hall–Kier alpha value is -3.00. The highest BCUT2D eigenvalue weighted by Crippen LogP contribution is 2.27. The first-order chi connectivity index (χ1) is 10.6. The van der Waals surface area contributed by atoms with Gasteiger partial charge in [0.25, 0.3) is 5.91 Å². The summed E-state index contributed by atoms with van der Waals surface area (Å²) in [6.07, 6.45) is -0.706. The van der Waals surface area contributed by atoms with Crippen LogP contribution in [0.25, 0.3) is 0 Å². The molecule has 5 heteroatoms. The van der Waals surface area contributed by atoms with E-state index in [1.165, 1.54) is 0 Å². The summed E-state index contributed by atoms with van der Waals surface area (Å²) in [6, 6.07) is 15.8. The molecule has 0 fully saturated rings. The lowest BCUT2D eigenvalue weighted by atomic mass is 10.2. The number of rotatable bonds is 5. The molecule has 0 saturated carbocycles. The highest BCUT2D eigenvalue weighted by Gasteiger charge is 2.16. The second kappa shape index (κ2) is 7.14. The zero-order chi connectivity index (χ0) is 15.9. The first-order valence-electron chi connectivity index (χ1n) is 6.74. The third-order valence-corrected chi connectivity index (χ3v) is 3.00. The van der Waals surface area contributed by atoms with Gasteiger partial charge in [-0.05, 0) is 37.3 Å². The largest absolute Gasteiger partial charge is 0.493 e. The van der Waals surface area contributed by atoms with Crippen molar-refractivity contribution in [3.63, 3.8) is 0 Å². The van der Waals surface area contributed by atoms with Gasteiger partial charge in [-0.15, -0.1) is 0 Å². The van der Waals surface area contributed by atoms with Gasteiger partial charge in [-0.3, -0.25) is 4.79 Å². The van der Waals surface area contributed by atoms with E-state index in [-0.39, 0.29) is 5.91 Å². The minimum atomic E-state index is -0.706. The lowest BCUT2D eigenvalue weighted by Gasteiger charge is -2.16. The van der Waals surface area contributed by atoms with Crippen LogP contribution in [0.4, 0.5) is 5.69 Å². The molecule has 1 atom stereocenters.